The number of hydrogen-bond donors (Lipinski definition) is 4. The number of fused-ring (bicyclic) bond motifs is 1. The summed E-state index contributed by atoms with van der Waals surface area (Å²) in [7, 11) is 0. The van der Waals surface area contributed by atoms with Gasteiger partial charge in [-0.15, -0.1) is 0 Å². The Morgan fingerprint density at radius 1 is 1.40 bits per heavy atom. The van der Waals surface area contributed by atoms with Crippen LogP contribution in [0.25, 0.3) is 10.9 Å². The maximum Gasteiger partial charge on any atom is 0.258 e. The average molecular weight is 273 g/mol. The molecule has 1 aliphatic heterocycles. The molecule has 1 amide bonds. The lowest BCUT2D eigenvalue weighted by Crippen LogP contribution is -2.31. The second-order valence-electron chi connectivity index (χ2n) is 4.87. The summed E-state index contributed by atoms with van der Waals surface area (Å²) < 4.78 is 0. The number of hydrogen-bond acceptors (Lipinski definition) is 5. The van der Waals surface area contributed by atoms with E-state index in [4.69, 9.17) is 5.73 Å². The molecule has 1 saturated heterocycles. The number of nitrogen functional groups attached to an aromatic ring is 1. The van der Waals surface area contributed by atoms with Crippen LogP contribution in [0.4, 0.5) is 11.4 Å². The van der Waals surface area contributed by atoms with Crippen molar-refractivity contribution in [2.24, 2.45) is 0 Å². The number of carbonyl (C=O) groups is 1. The zero-order valence-electron chi connectivity index (χ0n) is 10.8. The molecule has 1 fully saturated rings. The highest BCUT2D eigenvalue weighted by Gasteiger charge is 2.20. The summed E-state index contributed by atoms with van der Waals surface area (Å²) in [5.74, 6) is 0.0801. The minimum atomic E-state index is -0.212. The van der Waals surface area contributed by atoms with E-state index in [1.165, 1.54) is 6.33 Å². The summed E-state index contributed by atoms with van der Waals surface area (Å²) in [6, 6.07) is 3.47. The second kappa shape index (κ2) is 4.84. The number of benzene rings is 1. The molecule has 2 aromatic rings. The van der Waals surface area contributed by atoms with Crippen LogP contribution in [0.2, 0.25) is 0 Å². The molecular formula is C13H15N5O2. The fraction of sp³-hybridized carbons (Fsp3) is 0.308. The van der Waals surface area contributed by atoms with E-state index in [1.807, 2.05) is 0 Å². The number of nitrogens with two attached hydrogens (primary N) is 1. The Morgan fingerprint density at radius 2 is 2.25 bits per heavy atom. The first-order valence-electron chi connectivity index (χ1n) is 6.43. The van der Waals surface area contributed by atoms with Gasteiger partial charge < -0.3 is 21.4 Å². The molecule has 7 heteroatoms. The first-order chi connectivity index (χ1) is 9.63. The maximum atomic E-state index is 11.6. The summed E-state index contributed by atoms with van der Waals surface area (Å²) in [6.07, 6.45) is 2.75. The fourth-order valence-electron chi connectivity index (χ4n) is 2.35. The SMILES string of the molecule is Nc1cc2c(=O)[nH]cnc2cc1NCC1CCC(=O)N1. The fourth-order valence-corrected chi connectivity index (χ4v) is 2.35. The number of anilines is 2. The maximum absolute atomic E-state index is 11.6. The van der Waals surface area contributed by atoms with Crippen LogP contribution in [0.15, 0.2) is 23.3 Å². The lowest BCUT2D eigenvalue weighted by molar-refractivity contribution is -0.119. The summed E-state index contributed by atoms with van der Waals surface area (Å²) in [6.45, 7) is 0.602. The highest BCUT2D eigenvalue weighted by molar-refractivity contribution is 5.88. The van der Waals surface area contributed by atoms with Crippen LogP contribution >= 0.6 is 0 Å². The minimum Gasteiger partial charge on any atom is -0.397 e. The van der Waals surface area contributed by atoms with E-state index in [9.17, 15) is 9.59 Å². The topological polar surface area (TPSA) is 113 Å². The molecule has 0 spiro atoms. The van der Waals surface area contributed by atoms with Crippen LogP contribution in [-0.4, -0.2) is 28.5 Å². The third-order valence-electron chi connectivity index (χ3n) is 3.44. The van der Waals surface area contributed by atoms with Gasteiger partial charge in [0.1, 0.15) is 0 Å². The first kappa shape index (κ1) is 12.5. The van der Waals surface area contributed by atoms with Crippen molar-refractivity contribution in [3.05, 3.63) is 28.8 Å². The summed E-state index contributed by atoms with van der Waals surface area (Å²) in [4.78, 5) is 29.4. The van der Waals surface area contributed by atoms with Crippen LogP contribution in [0, 0.1) is 0 Å². The van der Waals surface area contributed by atoms with Crippen LogP contribution < -0.4 is 21.9 Å². The number of nitrogens with one attached hydrogen (secondary N) is 3. The quantitative estimate of drug-likeness (QED) is 0.596. The number of rotatable bonds is 3. The molecule has 0 saturated carbocycles. The van der Waals surface area contributed by atoms with Crippen molar-refractivity contribution < 1.29 is 4.79 Å². The molecule has 0 bridgehead atoms. The number of amides is 1. The molecule has 5 N–H and O–H groups in total. The van der Waals surface area contributed by atoms with Gasteiger partial charge in [-0.2, -0.15) is 0 Å². The molecule has 104 valence electrons. The number of aromatic nitrogens is 2. The standard InChI is InChI=1S/C13H15N5O2/c14-9-3-8-10(16-6-17-13(8)20)4-11(9)15-5-7-1-2-12(19)18-7/h3-4,6-7,15H,1-2,5,14H2,(H,18,19)(H,16,17,20). The molecule has 1 aromatic heterocycles. The molecule has 0 aliphatic carbocycles. The number of nitrogens with zero attached hydrogens (tertiary/aromatic N) is 1. The van der Waals surface area contributed by atoms with E-state index in [-0.39, 0.29) is 17.5 Å². The van der Waals surface area contributed by atoms with Gasteiger partial charge >= 0.3 is 0 Å². The Labute approximate surface area is 114 Å². The zero-order chi connectivity index (χ0) is 14.1. The van der Waals surface area contributed by atoms with Gasteiger partial charge in [0.25, 0.3) is 5.56 Å². The van der Waals surface area contributed by atoms with Crippen molar-refractivity contribution in [1.82, 2.24) is 15.3 Å². The number of H-pyrrole nitrogens is 1. The molecule has 3 rings (SSSR count). The van der Waals surface area contributed by atoms with Gasteiger partial charge in [0, 0.05) is 19.0 Å². The van der Waals surface area contributed by atoms with E-state index in [0.29, 0.717) is 29.6 Å². The van der Waals surface area contributed by atoms with Crippen molar-refractivity contribution >= 4 is 28.2 Å². The summed E-state index contributed by atoms with van der Waals surface area (Å²) in [5, 5.41) is 6.53. The number of carbonyl (C=O) groups excluding carboxylic acids is 1. The molecule has 2 heterocycles. The van der Waals surface area contributed by atoms with Gasteiger partial charge in [0.05, 0.1) is 28.6 Å². The highest BCUT2D eigenvalue weighted by Crippen LogP contribution is 2.23. The van der Waals surface area contributed by atoms with Gasteiger partial charge in [-0.25, -0.2) is 4.98 Å². The lowest BCUT2D eigenvalue weighted by Gasteiger charge is -2.14. The van der Waals surface area contributed by atoms with E-state index < -0.39 is 0 Å². The third-order valence-corrected chi connectivity index (χ3v) is 3.44. The molecule has 20 heavy (non-hydrogen) atoms. The van der Waals surface area contributed by atoms with Gasteiger partial charge in [-0.1, -0.05) is 0 Å². The Kier molecular flexibility index (Phi) is 3.02. The van der Waals surface area contributed by atoms with E-state index in [2.05, 4.69) is 20.6 Å². The zero-order valence-corrected chi connectivity index (χ0v) is 10.8. The van der Waals surface area contributed by atoms with Crippen molar-refractivity contribution in [2.75, 3.05) is 17.6 Å². The molecule has 1 aromatic carbocycles. The molecule has 1 aliphatic rings. The largest absolute Gasteiger partial charge is 0.397 e. The van der Waals surface area contributed by atoms with Gasteiger partial charge in [0.15, 0.2) is 0 Å². The Morgan fingerprint density at radius 3 is 3.00 bits per heavy atom. The van der Waals surface area contributed by atoms with E-state index in [0.717, 1.165) is 12.1 Å². The summed E-state index contributed by atoms with van der Waals surface area (Å²) in [5.41, 5.74) is 7.52. The molecular weight excluding hydrogens is 258 g/mol. The predicted molar refractivity (Wildman–Crippen MR) is 76.4 cm³/mol. The summed E-state index contributed by atoms with van der Waals surface area (Å²) >= 11 is 0. The van der Waals surface area contributed by atoms with Crippen LogP contribution in [0.3, 0.4) is 0 Å². The molecule has 0 radical (unpaired) electrons. The van der Waals surface area contributed by atoms with Crippen LogP contribution in [0.5, 0.6) is 0 Å². The third kappa shape index (κ3) is 2.29. The Balaban J connectivity index is 1.83. The monoisotopic (exact) mass is 273 g/mol. The first-order valence-corrected chi connectivity index (χ1v) is 6.43. The van der Waals surface area contributed by atoms with Crippen molar-refractivity contribution in [2.45, 2.75) is 18.9 Å². The highest BCUT2D eigenvalue weighted by atomic mass is 16.2. The van der Waals surface area contributed by atoms with Crippen molar-refractivity contribution in [3.8, 4) is 0 Å². The Bertz CT molecular complexity index is 724. The lowest BCUT2D eigenvalue weighted by atomic mass is 10.1. The van der Waals surface area contributed by atoms with Gasteiger partial charge in [-0.05, 0) is 18.6 Å². The van der Waals surface area contributed by atoms with E-state index >= 15 is 0 Å². The van der Waals surface area contributed by atoms with Crippen LogP contribution in [-0.2, 0) is 4.79 Å². The molecule has 1 unspecified atom stereocenters. The second-order valence-corrected chi connectivity index (χ2v) is 4.87. The van der Waals surface area contributed by atoms with Crippen molar-refractivity contribution in [1.29, 1.82) is 0 Å². The number of aromatic amines is 1. The van der Waals surface area contributed by atoms with E-state index in [1.54, 1.807) is 12.1 Å². The van der Waals surface area contributed by atoms with Gasteiger partial charge in [0.2, 0.25) is 5.91 Å². The van der Waals surface area contributed by atoms with Crippen LogP contribution in [0.1, 0.15) is 12.8 Å². The molecule has 1 atom stereocenters. The normalized spacial score (nSPS) is 18.2. The average Bonchev–Trinajstić information content (AvgIpc) is 2.83. The smallest absolute Gasteiger partial charge is 0.258 e. The minimum absolute atomic E-state index is 0.0801. The molecule has 7 nitrogen and oxygen atoms in total. The van der Waals surface area contributed by atoms with Crippen molar-refractivity contribution in [3.63, 3.8) is 0 Å². The van der Waals surface area contributed by atoms with Gasteiger partial charge in [-0.3, -0.25) is 9.59 Å². The predicted octanol–water partition coefficient (Wildman–Crippen LogP) is 0.196. The Hall–Kier alpha value is -2.57.